The molecule has 0 saturated heterocycles. The summed E-state index contributed by atoms with van der Waals surface area (Å²) >= 11 is 0. The number of ether oxygens (including phenoxy) is 1. The lowest BCUT2D eigenvalue weighted by Crippen LogP contribution is -2.18. The van der Waals surface area contributed by atoms with Crippen molar-refractivity contribution in [2.24, 2.45) is 0 Å². The second kappa shape index (κ2) is 9.39. The molecule has 9 heteroatoms. The van der Waals surface area contributed by atoms with Gasteiger partial charge in [0.2, 0.25) is 10.0 Å². The van der Waals surface area contributed by atoms with Gasteiger partial charge in [0.05, 0.1) is 22.5 Å². The van der Waals surface area contributed by atoms with Crippen LogP contribution in [-0.4, -0.2) is 28.7 Å². The van der Waals surface area contributed by atoms with E-state index in [4.69, 9.17) is 4.74 Å². The van der Waals surface area contributed by atoms with Crippen molar-refractivity contribution in [1.82, 2.24) is 14.5 Å². The van der Waals surface area contributed by atoms with Gasteiger partial charge in [0.25, 0.3) is 0 Å². The predicted octanol–water partition coefficient (Wildman–Crippen LogP) is 5.64. The molecule has 2 aromatic heterocycles. The number of hydrogen-bond acceptors (Lipinski definition) is 6. The maximum absolute atomic E-state index is 12.1. The third kappa shape index (κ3) is 4.57. The molecule has 178 valence electrons. The van der Waals surface area contributed by atoms with Crippen molar-refractivity contribution in [3.05, 3.63) is 66.5 Å². The monoisotopic (exact) mass is 487 g/mol. The van der Waals surface area contributed by atoms with Crippen LogP contribution in [0.25, 0.3) is 22.2 Å². The molecule has 1 N–H and O–H groups in total. The zero-order valence-electron chi connectivity index (χ0n) is 19.3. The second-order valence-electron chi connectivity index (χ2n) is 8.60. The van der Waals surface area contributed by atoms with Crippen LogP contribution in [0.2, 0.25) is 0 Å². The molecular weight excluding hydrogens is 462 g/mol. The Labute approximate surface area is 204 Å². The number of nitriles is 1. The van der Waals surface area contributed by atoms with Crippen molar-refractivity contribution < 1.29 is 13.2 Å². The fourth-order valence-corrected chi connectivity index (χ4v) is 5.55. The van der Waals surface area contributed by atoms with Gasteiger partial charge in [-0.3, -0.25) is 4.72 Å². The van der Waals surface area contributed by atoms with E-state index in [0.29, 0.717) is 23.4 Å². The molecule has 1 fully saturated rings. The minimum absolute atomic E-state index is 0.0711. The Kier molecular flexibility index (Phi) is 6.14. The number of rotatable bonds is 8. The molecule has 0 atom stereocenters. The molecular formula is C26H25N5O3S. The fourth-order valence-electron chi connectivity index (χ4n) is 4.41. The first-order chi connectivity index (χ1) is 17.0. The van der Waals surface area contributed by atoms with Crippen molar-refractivity contribution in [3.63, 3.8) is 0 Å². The van der Waals surface area contributed by atoms with Crippen molar-refractivity contribution in [3.8, 4) is 29.1 Å². The van der Waals surface area contributed by atoms with Crippen molar-refractivity contribution in [2.75, 3.05) is 10.5 Å². The Hall–Kier alpha value is -3.90. The maximum Gasteiger partial charge on any atom is 0.321 e. The van der Waals surface area contributed by atoms with Gasteiger partial charge in [0.15, 0.2) is 0 Å². The van der Waals surface area contributed by atoms with Gasteiger partial charge in [0, 0.05) is 35.6 Å². The average Bonchev–Trinajstić information content (AvgIpc) is 3.12. The largest absolute Gasteiger partial charge is 0.424 e. The van der Waals surface area contributed by atoms with Gasteiger partial charge in [-0.25, -0.2) is 18.4 Å². The Bertz CT molecular complexity index is 1500. The molecule has 5 rings (SSSR count). The van der Waals surface area contributed by atoms with Gasteiger partial charge in [0.1, 0.15) is 11.8 Å². The molecule has 1 aliphatic carbocycles. The highest BCUT2D eigenvalue weighted by Crippen LogP contribution is 2.43. The summed E-state index contributed by atoms with van der Waals surface area (Å²) in [5.74, 6) is 0.667. The highest BCUT2D eigenvalue weighted by Gasteiger charge is 2.28. The molecule has 0 bridgehead atoms. The number of nitrogens with one attached hydrogen (secondary N) is 1. The molecule has 8 nitrogen and oxygen atoms in total. The lowest BCUT2D eigenvalue weighted by molar-refractivity contribution is 0.324. The molecule has 0 spiro atoms. The number of nitrogens with zero attached hydrogens (tertiary/aromatic N) is 4. The zero-order chi connectivity index (χ0) is 24.4. The summed E-state index contributed by atoms with van der Waals surface area (Å²) in [6.45, 7) is 1.83. The summed E-state index contributed by atoms with van der Waals surface area (Å²) in [5.41, 5.74) is 3.71. The van der Waals surface area contributed by atoms with Crippen LogP contribution in [0, 0.1) is 11.3 Å². The van der Waals surface area contributed by atoms with Gasteiger partial charge in [-0.05, 0) is 61.6 Å². The number of hydrogen-bond donors (Lipinski definition) is 1. The predicted molar refractivity (Wildman–Crippen MR) is 135 cm³/mol. The van der Waals surface area contributed by atoms with Gasteiger partial charge >= 0.3 is 6.01 Å². The Balaban J connectivity index is 1.58. The van der Waals surface area contributed by atoms with Crippen molar-refractivity contribution >= 4 is 26.6 Å². The number of sulfonamides is 1. The summed E-state index contributed by atoms with van der Waals surface area (Å²) < 4.78 is 35.0. The maximum atomic E-state index is 12.1. The summed E-state index contributed by atoms with van der Waals surface area (Å²) in [5, 5.41) is 11.0. The minimum Gasteiger partial charge on any atom is -0.424 e. The van der Waals surface area contributed by atoms with E-state index in [9.17, 15) is 13.7 Å². The molecule has 0 unspecified atom stereocenters. The first-order valence-corrected chi connectivity index (χ1v) is 13.3. The van der Waals surface area contributed by atoms with E-state index < -0.39 is 10.0 Å². The van der Waals surface area contributed by atoms with Crippen molar-refractivity contribution in [1.29, 1.82) is 5.26 Å². The van der Waals surface area contributed by atoms with E-state index in [1.54, 1.807) is 30.6 Å². The third-order valence-electron chi connectivity index (χ3n) is 6.18. The van der Waals surface area contributed by atoms with E-state index in [-0.39, 0.29) is 17.8 Å². The van der Waals surface area contributed by atoms with Crippen LogP contribution >= 0.6 is 0 Å². The SMILES string of the molecule is CCCS(=O)(=O)Nc1ccc(-c2c(C#N)c3ccc(Oc4ncccn4)cc3n2C2CCC2)cc1. The second-order valence-corrected chi connectivity index (χ2v) is 10.4. The molecule has 0 amide bonds. The highest BCUT2D eigenvalue weighted by atomic mass is 32.2. The number of anilines is 1. The quantitative estimate of drug-likeness (QED) is 0.344. The van der Waals surface area contributed by atoms with E-state index in [1.165, 1.54) is 0 Å². The first kappa shape index (κ1) is 22.9. The van der Waals surface area contributed by atoms with Gasteiger partial charge < -0.3 is 9.30 Å². The van der Waals surface area contributed by atoms with Crippen molar-refractivity contribution in [2.45, 2.75) is 38.6 Å². The minimum atomic E-state index is -3.37. The molecule has 35 heavy (non-hydrogen) atoms. The standard InChI is InChI=1S/C26H25N5O3S/c1-2-15-35(32,33)30-19-9-7-18(8-10-19)25-23(17-27)22-12-11-21(34-26-28-13-4-14-29-26)16-24(22)31(25)20-5-3-6-20/h4,7-14,16,20,30H,2-3,5-6,15H2,1H3. The lowest BCUT2D eigenvalue weighted by Gasteiger charge is -2.30. The number of benzene rings is 2. The summed E-state index contributed by atoms with van der Waals surface area (Å²) in [7, 11) is -3.37. The van der Waals surface area contributed by atoms with E-state index >= 15 is 0 Å². The Morgan fingerprint density at radius 2 is 1.89 bits per heavy atom. The van der Waals surface area contributed by atoms with Crippen LogP contribution in [0.15, 0.2) is 60.9 Å². The van der Waals surface area contributed by atoms with Gasteiger partial charge in [-0.15, -0.1) is 0 Å². The fraction of sp³-hybridized carbons (Fsp3) is 0.269. The first-order valence-electron chi connectivity index (χ1n) is 11.6. The Morgan fingerprint density at radius 3 is 2.51 bits per heavy atom. The molecule has 1 saturated carbocycles. The average molecular weight is 488 g/mol. The molecule has 0 radical (unpaired) electrons. The highest BCUT2D eigenvalue weighted by molar-refractivity contribution is 7.92. The molecule has 1 aliphatic rings. The van der Waals surface area contributed by atoms with Gasteiger partial charge in [-0.1, -0.05) is 19.1 Å². The molecule has 2 heterocycles. The Morgan fingerprint density at radius 1 is 1.14 bits per heavy atom. The summed E-state index contributed by atoms with van der Waals surface area (Å²) in [4.78, 5) is 8.26. The van der Waals surface area contributed by atoms with E-state index in [0.717, 1.165) is 41.4 Å². The van der Waals surface area contributed by atoms with Crippen LogP contribution in [0.4, 0.5) is 5.69 Å². The normalized spacial score (nSPS) is 13.8. The van der Waals surface area contributed by atoms with Crippen LogP contribution in [0.3, 0.4) is 0 Å². The van der Waals surface area contributed by atoms with Crippen LogP contribution in [0.1, 0.15) is 44.2 Å². The molecule has 2 aromatic carbocycles. The summed E-state index contributed by atoms with van der Waals surface area (Å²) in [6.07, 6.45) is 6.99. The van der Waals surface area contributed by atoms with Crippen LogP contribution in [-0.2, 0) is 10.0 Å². The van der Waals surface area contributed by atoms with E-state index in [1.807, 2.05) is 37.3 Å². The summed E-state index contributed by atoms with van der Waals surface area (Å²) in [6, 6.07) is 17.5. The van der Waals surface area contributed by atoms with Crippen LogP contribution < -0.4 is 9.46 Å². The third-order valence-corrected chi connectivity index (χ3v) is 7.68. The lowest BCUT2D eigenvalue weighted by atomic mass is 9.92. The zero-order valence-corrected chi connectivity index (χ0v) is 20.1. The molecule has 4 aromatic rings. The van der Waals surface area contributed by atoms with Crippen LogP contribution in [0.5, 0.6) is 11.8 Å². The number of fused-ring (bicyclic) bond motifs is 1. The van der Waals surface area contributed by atoms with Gasteiger partial charge in [-0.2, -0.15) is 5.26 Å². The smallest absolute Gasteiger partial charge is 0.321 e. The molecule has 0 aliphatic heterocycles. The topological polar surface area (TPSA) is 110 Å². The number of aromatic nitrogens is 3. The van der Waals surface area contributed by atoms with E-state index in [2.05, 4.69) is 25.3 Å².